The van der Waals surface area contributed by atoms with Gasteiger partial charge in [-0.05, 0) is 44.5 Å². The van der Waals surface area contributed by atoms with Crippen molar-refractivity contribution in [3.8, 4) is 5.75 Å². The molecule has 0 unspecified atom stereocenters. The fourth-order valence-corrected chi connectivity index (χ4v) is 3.02. The van der Waals surface area contributed by atoms with E-state index in [9.17, 15) is 4.79 Å². The first kappa shape index (κ1) is 19.0. The van der Waals surface area contributed by atoms with Crippen LogP contribution in [0.3, 0.4) is 0 Å². The third-order valence-electron chi connectivity index (χ3n) is 4.15. The van der Waals surface area contributed by atoms with Crippen molar-refractivity contribution in [1.29, 1.82) is 0 Å². The van der Waals surface area contributed by atoms with E-state index in [-0.39, 0.29) is 5.91 Å². The average molecular weight is 385 g/mol. The Balaban J connectivity index is 2.11. The standard InChI is InChI=1S/C21H21ClN2O3/c1-4-6-7-17-13(3)19-14(8-9-18(26-5-2)20(19)27-17)21(25)24-16-10-11-23-12-15(16)22/h6-12H,4-5H2,1-3H3,(H,23,24,25)/b7-6-. The van der Waals surface area contributed by atoms with Crippen LogP contribution in [0.25, 0.3) is 17.0 Å². The number of aromatic nitrogens is 1. The van der Waals surface area contributed by atoms with Gasteiger partial charge in [0.25, 0.3) is 5.91 Å². The summed E-state index contributed by atoms with van der Waals surface area (Å²) in [5.41, 5.74) is 2.46. The maximum atomic E-state index is 12.9. The summed E-state index contributed by atoms with van der Waals surface area (Å²) in [5.74, 6) is 1.06. The van der Waals surface area contributed by atoms with Gasteiger partial charge in [0.2, 0.25) is 0 Å². The van der Waals surface area contributed by atoms with Gasteiger partial charge >= 0.3 is 0 Å². The topological polar surface area (TPSA) is 64.4 Å². The number of fused-ring (bicyclic) bond motifs is 1. The summed E-state index contributed by atoms with van der Waals surface area (Å²) in [4.78, 5) is 16.9. The Morgan fingerprint density at radius 3 is 2.85 bits per heavy atom. The van der Waals surface area contributed by atoms with Crippen molar-refractivity contribution in [2.75, 3.05) is 11.9 Å². The second-order valence-electron chi connectivity index (χ2n) is 5.96. The number of nitrogens with one attached hydrogen (secondary N) is 1. The highest BCUT2D eigenvalue weighted by Crippen LogP contribution is 2.36. The highest BCUT2D eigenvalue weighted by atomic mass is 35.5. The zero-order valence-corrected chi connectivity index (χ0v) is 16.3. The Labute approximate surface area is 163 Å². The Kier molecular flexibility index (Phi) is 5.81. The van der Waals surface area contributed by atoms with Crippen LogP contribution in [0.1, 0.15) is 41.9 Å². The smallest absolute Gasteiger partial charge is 0.256 e. The number of anilines is 1. The molecule has 0 aliphatic heterocycles. The lowest BCUT2D eigenvalue weighted by atomic mass is 10.0. The Morgan fingerprint density at radius 1 is 1.33 bits per heavy atom. The van der Waals surface area contributed by atoms with Crippen molar-refractivity contribution >= 4 is 40.2 Å². The molecule has 27 heavy (non-hydrogen) atoms. The summed E-state index contributed by atoms with van der Waals surface area (Å²) in [6.45, 7) is 6.41. The number of allylic oxidation sites excluding steroid dienone is 1. The fraction of sp³-hybridized carbons (Fsp3) is 0.238. The summed E-state index contributed by atoms with van der Waals surface area (Å²) in [6.07, 6.45) is 7.89. The van der Waals surface area contributed by atoms with E-state index in [1.165, 1.54) is 6.20 Å². The van der Waals surface area contributed by atoms with Crippen LogP contribution < -0.4 is 10.1 Å². The number of rotatable bonds is 6. The summed E-state index contributed by atoms with van der Waals surface area (Å²) in [7, 11) is 0. The molecule has 2 aromatic heterocycles. The minimum absolute atomic E-state index is 0.272. The van der Waals surface area contributed by atoms with E-state index in [0.29, 0.717) is 34.2 Å². The molecule has 0 aliphatic rings. The SMILES string of the molecule is CC/C=C\c1oc2c(OCC)ccc(C(=O)Nc3ccncc3Cl)c2c1C. The average Bonchev–Trinajstić information content (AvgIpc) is 2.99. The number of halogens is 1. The maximum Gasteiger partial charge on any atom is 0.256 e. The Hall–Kier alpha value is -2.79. The summed E-state index contributed by atoms with van der Waals surface area (Å²) >= 11 is 6.11. The third kappa shape index (κ3) is 3.83. The molecular weight excluding hydrogens is 364 g/mol. The fourth-order valence-electron chi connectivity index (χ4n) is 2.86. The van der Waals surface area contributed by atoms with Crippen LogP contribution in [-0.4, -0.2) is 17.5 Å². The number of hydrogen-bond acceptors (Lipinski definition) is 4. The first-order valence-corrected chi connectivity index (χ1v) is 9.20. The molecule has 5 nitrogen and oxygen atoms in total. The number of hydrogen-bond donors (Lipinski definition) is 1. The van der Waals surface area contributed by atoms with Crippen LogP contribution in [0.5, 0.6) is 5.75 Å². The summed E-state index contributed by atoms with van der Waals surface area (Å²) < 4.78 is 11.7. The predicted octanol–water partition coefficient (Wildman–Crippen LogP) is 5.86. The number of nitrogens with zero attached hydrogens (tertiary/aromatic N) is 1. The number of amides is 1. The predicted molar refractivity (Wildman–Crippen MR) is 109 cm³/mol. The van der Waals surface area contributed by atoms with E-state index in [2.05, 4.69) is 17.2 Å². The van der Waals surface area contributed by atoms with E-state index in [4.69, 9.17) is 20.8 Å². The van der Waals surface area contributed by atoms with Crippen molar-refractivity contribution in [1.82, 2.24) is 4.98 Å². The van der Waals surface area contributed by atoms with Crippen LogP contribution in [0.15, 0.2) is 41.1 Å². The van der Waals surface area contributed by atoms with Crippen LogP contribution >= 0.6 is 11.6 Å². The first-order valence-electron chi connectivity index (χ1n) is 8.83. The van der Waals surface area contributed by atoms with Gasteiger partial charge in [0.1, 0.15) is 5.76 Å². The van der Waals surface area contributed by atoms with Gasteiger partial charge in [0, 0.05) is 23.3 Å². The highest BCUT2D eigenvalue weighted by molar-refractivity contribution is 6.34. The molecule has 0 radical (unpaired) electrons. The molecule has 0 aliphatic carbocycles. The van der Waals surface area contributed by atoms with Gasteiger partial charge in [-0.1, -0.05) is 24.6 Å². The molecule has 1 amide bonds. The second kappa shape index (κ2) is 8.27. The Bertz CT molecular complexity index is 1010. The lowest BCUT2D eigenvalue weighted by Gasteiger charge is -2.10. The molecule has 1 aromatic carbocycles. The Morgan fingerprint density at radius 2 is 2.15 bits per heavy atom. The molecular formula is C21H21ClN2O3. The normalized spacial score (nSPS) is 11.3. The van der Waals surface area contributed by atoms with Gasteiger partial charge in [-0.3, -0.25) is 9.78 Å². The lowest BCUT2D eigenvalue weighted by Crippen LogP contribution is -2.13. The van der Waals surface area contributed by atoms with Gasteiger partial charge in [-0.25, -0.2) is 0 Å². The third-order valence-corrected chi connectivity index (χ3v) is 4.45. The quantitative estimate of drug-likeness (QED) is 0.577. The molecule has 3 aromatic rings. The number of pyridine rings is 1. The van der Waals surface area contributed by atoms with Crippen LogP contribution in [0, 0.1) is 6.92 Å². The van der Waals surface area contributed by atoms with Crippen molar-refractivity contribution in [2.24, 2.45) is 0 Å². The highest BCUT2D eigenvalue weighted by Gasteiger charge is 2.21. The molecule has 140 valence electrons. The number of furan rings is 1. The minimum Gasteiger partial charge on any atom is -0.490 e. The summed E-state index contributed by atoms with van der Waals surface area (Å²) in [6, 6.07) is 5.16. The van der Waals surface area contributed by atoms with Crippen LogP contribution in [0.2, 0.25) is 5.02 Å². The molecule has 0 atom stereocenters. The van der Waals surface area contributed by atoms with Crippen molar-refractivity contribution < 1.29 is 13.9 Å². The van der Waals surface area contributed by atoms with Gasteiger partial charge in [0.05, 0.1) is 22.9 Å². The zero-order chi connectivity index (χ0) is 19.4. The summed E-state index contributed by atoms with van der Waals surface area (Å²) in [5, 5.41) is 3.95. The second-order valence-corrected chi connectivity index (χ2v) is 6.37. The number of carbonyl (C=O) groups excluding carboxylic acids is 1. The van der Waals surface area contributed by atoms with Crippen molar-refractivity contribution in [2.45, 2.75) is 27.2 Å². The van der Waals surface area contributed by atoms with E-state index in [1.54, 1.807) is 24.4 Å². The monoisotopic (exact) mass is 384 g/mol. The largest absolute Gasteiger partial charge is 0.490 e. The number of aryl methyl sites for hydroxylation is 1. The molecule has 0 bridgehead atoms. The van der Waals surface area contributed by atoms with E-state index < -0.39 is 0 Å². The number of benzene rings is 1. The molecule has 0 saturated heterocycles. The van der Waals surface area contributed by atoms with Gasteiger partial charge < -0.3 is 14.5 Å². The molecule has 0 saturated carbocycles. The van der Waals surface area contributed by atoms with E-state index >= 15 is 0 Å². The van der Waals surface area contributed by atoms with Crippen molar-refractivity contribution in [3.63, 3.8) is 0 Å². The zero-order valence-electron chi connectivity index (χ0n) is 15.5. The molecule has 0 fully saturated rings. The molecule has 1 N–H and O–H groups in total. The molecule has 3 rings (SSSR count). The van der Waals surface area contributed by atoms with Crippen LogP contribution in [-0.2, 0) is 0 Å². The van der Waals surface area contributed by atoms with Crippen molar-refractivity contribution in [3.05, 3.63) is 58.6 Å². The maximum absolute atomic E-state index is 12.9. The molecule has 0 spiro atoms. The van der Waals surface area contributed by atoms with Gasteiger partial charge in [-0.15, -0.1) is 0 Å². The first-order chi connectivity index (χ1) is 13.1. The van der Waals surface area contributed by atoms with Gasteiger partial charge in [-0.2, -0.15) is 0 Å². The minimum atomic E-state index is -0.272. The van der Waals surface area contributed by atoms with Gasteiger partial charge in [0.15, 0.2) is 11.3 Å². The number of carbonyl (C=O) groups is 1. The molecule has 6 heteroatoms. The van der Waals surface area contributed by atoms with Crippen LogP contribution in [0.4, 0.5) is 5.69 Å². The molecule has 2 heterocycles. The van der Waals surface area contributed by atoms with E-state index in [0.717, 1.165) is 23.1 Å². The lowest BCUT2D eigenvalue weighted by molar-refractivity contribution is 0.102. The number of ether oxygens (including phenoxy) is 1. The van der Waals surface area contributed by atoms with E-state index in [1.807, 2.05) is 26.0 Å².